The number of nitrogens with one attached hydrogen (secondary N) is 1. The Balaban J connectivity index is 1.21. The molecule has 0 bridgehead atoms. The second-order valence-electron chi connectivity index (χ2n) is 17.4. The van der Waals surface area contributed by atoms with Crippen molar-refractivity contribution < 1.29 is 19.1 Å². The summed E-state index contributed by atoms with van der Waals surface area (Å²) in [5.74, 6) is 2.90. The van der Waals surface area contributed by atoms with Gasteiger partial charge in [-0.3, -0.25) is 9.59 Å². The molecule has 1 amide bonds. The van der Waals surface area contributed by atoms with E-state index in [4.69, 9.17) is 9.47 Å². The van der Waals surface area contributed by atoms with Gasteiger partial charge in [0, 0.05) is 35.9 Å². The van der Waals surface area contributed by atoms with Crippen molar-refractivity contribution in [1.29, 1.82) is 0 Å². The third-order valence-electron chi connectivity index (χ3n) is 10.8. The highest BCUT2D eigenvalue weighted by molar-refractivity contribution is 6.06. The van der Waals surface area contributed by atoms with Crippen molar-refractivity contribution in [1.82, 2.24) is 0 Å². The Morgan fingerprint density at radius 3 is 2.29 bits per heavy atom. The van der Waals surface area contributed by atoms with E-state index in [0.717, 1.165) is 86.5 Å². The van der Waals surface area contributed by atoms with Crippen LogP contribution in [0.25, 0.3) is 0 Å². The second kappa shape index (κ2) is 18.9. The normalized spacial score (nSPS) is 22.2. The maximum absolute atomic E-state index is 13.4. The number of carbonyl (C=O) groups is 2. The SMILES string of the molecule is CC1=C(C(=O)Nc2ccc(CCCC(=O)CCCC3=CCC(C)OC(C(C)(C)C)=C3)cc2)C=CC(OC2CCCCC(C(C)(C)C)CC2)=CCC1. The molecule has 1 aromatic rings. The summed E-state index contributed by atoms with van der Waals surface area (Å²) in [4.78, 5) is 26.1. The molecule has 1 N–H and O–H groups in total. The van der Waals surface area contributed by atoms with Crippen molar-refractivity contribution in [3.63, 3.8) is 0 Å². The Morgan fingerprint density at radius 1 is 0.882 bits per heavy atom. The fourth-order valence-corrected chi connectivity index (χ4v) is 7.38. The smallest absolute Gasteiger partial charge is 0.255 e. The fraction of sp³-hybridized carbons (Fsp3) is 0.609. The molecule has 1 fully saturated rings. The molecule has 1 aromatic carbocycles. The Hall–Kier alpha value is -3.34. The van der Waals surface area contributed by atoms with E-state index in [1.807, 2.05) is 24.3 Å². The van der Waals surface area contributed by atoms with Gasteiger partial charge >= 0.3 is 0 Å². The van der Waals surface area contributed by atoms with Crippen molar-refractivity contribution in [2.75, 3.05) is 5.32 Å². The third kappa shape index (κ3) is 13.6. The molecule has 0 saturated heterocycles. The number of benzene rings is 1. The van der Waals surface area contributed by atoms with Gasteiger partial charge in [0.1, 0.15) is 17.3 Å². The highest BCUT2D eigenvalue weighted by Gasteiger charge is 2.28. The van der Waals surface area contributed by atoms with Crippen molar-refractivity contribution in [3.8, 4) is 0 Å². The second-order valence-corrected chi connectivity index (χ2v) is 17.4. The number of anilines is 1. The largest absolute Gasteiger partial charge is 0.494 e. The molecule has 3 unspecified atom stereocenters. The molecule has 0 aromatic heterocycles. The summed E-state index contributed by atoms with van der Waals surface area (Å²) < 4.78 is 12.7. The van der Waals surface area contributed by atoms with E-state index in [0.29, 0.717) is 29.6 Å². The zero-order valence-corrected chi connectivity index (χ0v) is 33.2. The van der Waals surface area contributed by atoms with Crippen molar-refractivity contribution >= 4 is 17.4 Å². The number of hydrogen-bond donors (Lipinski definition) is 1. The maximum Gasteiger partial charge on any atom is 0.255 e. The van der Waals surface area contributed by atoms with E-state index in [9.17, 15) is 9.59 Å². The van der Waals surface area contributed by atoms with Crippen LogP contribution in [0.4, 0.5) is 5.69 Å². The van der Waals surface area contributed by atoms with Crippen LogP contribution in [0.15, 0.2) is 82.9 Å². The quantitative estimate of drug-likeness (QED) is 0.236. The van der Waals surface area contributed by atoms with E-state index < -0.39 is 0 Å². The van der Waals surface area contributed by atoms with Crippen LogP contribution in [-0.4, -0.2) is 23.9 Å². The lowest BCUT2D eigenvalue weighted by atomic mass is 9.73. The van der Waals surface area contributed by atoms with Gasteiger partial charge in [0.05, 0.1) is 12.2 Å². The number of ketones is 1. The minimum Gasteiger partial charge on any atom is -0.494 e. The molecule has 1 aliphatic heterocycles. The van der Waals surface area contributed by atoms with Crippen LogP contribution < -0.4 is 5.32 Å². The monoisotopic (exact) mass is 698 g/mol. The van der Waals surface area contributed by atoms with Gasteiger partial charge in [-0.15, -0.1) is 0 Å². The number of aryl methyl sites for hydroxylation is 1. The molecule has 3 aliphatic rings. The predicted molar refractivity (Wildman–Crippen MR) is 212 cm³/mol. The number of Topliss-reactive ketones (excluding diaryl/α,β-unsaturated/α-hetero) is 1. The molecule has 5 nitrogen and oxygen atoms in total. The van der Waals surface area contributed by atoms with Crippen LogP contribution in [-0.2, 0) is 25.5 Å². The topological polar surface area (TPSA) is 64.6 Å². The molecule has 51 heavy (non-hydrogen) atoms. The molecule has 1 heterocycles. The summed E-state index contributed by atoms with van der Waals surface area (Å²) in [5.41, 5.74) is 5.34. The van der Waals surface area contributed by atoms with Gasteiger partial charge in [-0.25, -0.2) is 0 Å². The average molecular weight is 698 g/mol. The van der Waals surface area contributed by atoms with Gasteiger partial charge in [-0.1, -0.05) is 71.7 Å². The minimum absolute atomic E-state index is 0.0259. The van der Waals surface area contributed by atoms with Gasteiger partial charge in [0.15, 0.2) is 0 Å². The Bertz CT molecular complexity index is 1470. The molecule has 0 spiro atoms. The lowest BCUT2D eigenvalue weighted by Gasteiger charge is -2.34. The minimum atomic E-state index is -0.0888. The highest BCUT2D eigenvalue weighted by Crippen LogP contribution is 2.37. The number of hydrogen-bond acceptors (Lipinski definition) is 4. The van der Waals surface area contributed by atoms with Crippen molar-refractivity contribution in [3.05, 3.63) is 88.4 Å². The first-order valence-electron chi connectivity index (χ1n) is 19.9. The predicted octanol–water partition coefficient (Wildman–Crippen LogP) is 12.3. The summed E-state index contributed by atoms with van der Waals surface area (Å²) in [6.45, 7) is 17.8. The van der Waals surface area contributed by atoms with Crippen LogP contribution in [0, 0.1) is 16.7 Å². The summed E-state index contributed by atoms with van der Waals surface area (Å²) in [6.07, 6.45) is 25.5. The number of rotatable bonds is 12. The first-order valence-corrected chi connectivity index (χ1v) is 19.9. The molecule has 2 aliphatic carbocycles. The standard InChI is InChI=1S/C46H67NO4/c1-33-14-11-21-41(51-40-20-10-9-17-37(26-29-40)45(3,4)5)30-31-42(33)44(49)47-38-27-24-35(25-28-38)15-12-18-39(48)19-13-16-36-23-22-34(2)50-43(32-36)46(6,7)8/h21,23-25,27-28,30-32,34,37,40H,9-20,22,26,29H2,1-8H3,(H,47,49). The summed E-state index contributed by atoms with van der Waals surface area (Å²) >= 11 is 0. The first-order chi connectivity index (χ1) is 24.2. The number of allylic oxidation sites excluding steroid dienone is 6. The van der Waals surface area contributed by atoms with E-state index in [1.165, 1.54) is 36.8 Å². The number of carbonyl (C=O) groups excluding carboxylic acids is 2. The average Bonchev–Trinajstić information content (AvgIpc) is 3.22. The van der Waals surface area contributed by atoms with E-state index in [2.05, 4.69) is 91.1 Å². The highest BCUT2D eigenvalue weighted by atomic mass is 16.5. The van der Waals surface area contributed by atoms with Crippen LogP contribution in [0.1, 0.15) is 151 Å². The van der Waals surface area contributed by atoms with Gasteiger partial charge in [0.25, 0.3) is 5.91 Å². The fourth-order valence-electron chi connectivity index (χ4n) is 7.38. The van der Waals surface area contributed by atoms with Crippen LogP contribution in [0.3, 0.4) is 0 Å². The zero-order valence-electron chi connectivity index (χ0n) is 33.2. The summed E-state index contributed by atoms with van der Waals surface area (Å²) in [6, 6.07) is 8.06. The Morgan fingerprint density at radius 2 is 1.59 bits per heavy atom. The Kier molecular flexibility index (Phi) is 15.0. The van der Waals surface area contributed by atoms with Gasteiger partial charge in [0.2, 0.25) is 0 Å². The van der Waals surface area contributed by atoms with E-state index in [1.54, 1.807) is 0 Å². The number of ether oxygens (including phenoxy) is 2. The molecule has 3 atom stereocenters. The molecule has 0 radical (unpaired) electrons. The van der Waals surface area contributed by atoms with E-state index >= 15 is 0 Å². The molecule has 5 heteroatoms. The van der Waals surface area contributed by atoms with E-state index in [-0.39, 0.29) is 23.5 Å². The van der Waals surface area contributed by atoms with Crippen molar-refractivity contribution in [2.45, 2.75) is 164 Å². The molecular formula is C46H67NO4. The lowest BCUT2D eigenvalue weighted by molar-refractivity contribution is -0.119. The van der Waals surface area contributed by atoms with Gasteiger partial charge in [-0.2, -0.15) is 0 Å². The van der Waals surface area contributed by atoms with Gasteiger partial charge in [-0.05, 0) is 143 Å². The molecular weight excluding hydrogens is 631 g/mol. The first kappa shape index (κ1) is 40.4. The van der Waals surface area contributed by atoms with Crippen LogP contribution in [0.2, 0.25) is 0 Å². The molecule has 280 valence electrons. The Labute approximate surface area is 310 Å². The third-order valence-corrected chi connectivity index (χ3v) is 10.8. The molecule has 1 saturated carbocycles. The van der Waals surface area contributed by atoms with Crippen LogP contribution in [0.5, 0.6) is 0 Å². The maximum atomic E-state index is 13.4. The summed E-state index contributed by atoms with van der Waals surface area (Å²) in [7, 11) is 0. The van der Waals surface area contributed by atoms with Crippen LogP contribution >= 0.6 is 0 Å². The molecule has 4 rings (SSSR count). The van der Waals surface area contributed by atoms with Gasteiger partial charge < -0.3 is 14.8 Å². The lowest BCUT2D eigenvalue weighted by Crippen LogP contribution is -2.25. The van der Waals surface area contributed by atoms with Crippen molar-refractivity contribution in [2.24, 2.45) is 16.7 Å². The zero-order chi connectivity index (χ0) is 37.0. The number of amides is 1. The summed E-state index contributed by atoms with van der Waals surface area (Å²) in [5, 5.41) is 3.11.